The highest BCUT2D eigenvalue weighted by atomic mass is 16.2. The zero-order chi connectivity index (χ0) is 17.3. The predicted molar refractivity (Wildman–Crippen MR) is 93.1 cm³/mol. The second-order valence-electron chi connectivity index (χ2n) is 7.96. The molecule has 2 aliphatic heterocycles. The Morgan fingerprint density at radius 3 is 2.42 bits per heavy atom. The Morgan fingerprint density at radius 2 is 1.79 bits per heavy atom. The molecule has 6 nitrogen and oxygen atoms in total. The van der Waals surface area contributed by atoms with Crippen LogP contribution in [0.1, 0.15) is 52.2 Å². The first-order valence-electron chi connectivity index (χ1n) is 9.37. The molecule has 0 spiro atoms. The molecular weight excluding hydrogens is 302 g/mol. The maximum absolute atomic E-state index is 12.2. The molecule has 1 saturated heterocycles. The van der Waals surface area contributed by atoms with Crippen LogP contribution in [0, 0.1) is 17.8 Å². The summed E-state index contributed by atoms with van der Waals surface area (Å²) in [6.45, 7) is 13.9. The molecule has 0 N–H and O–H groups in total. The molecule has 24 heavy (non-hydrogen) atoms. The van der Waals surface area contributed by atoms with Crippen molar-refractivity contribution in [1.82, 2.24) is 24.6 Å². The van der Waals surface area contributed by atoms with Crippen molar-refractivity contribution in [2.24, 2.45) is 17.8 Å². The second-order valence-corrected chi connectivity index (χ2v) is 7.96. The van der Waals surface area contributed by atoms with Crippen molar-refractivity contribution < 1.29 is 4.79 Å². The van der Waals surface area contributed by atoms with Crippen molar-refractivity contribution in [3.8, 4) is 0 Å². The van der Waals surface area contributed by atoms with Gasteiger partial charge in [-0.15, -0.1) is 10.2 Å². The van der Waals surface area contributed by atoms with E-state index >= 15 is 0 Å². The van der Waals surface area contributed by atoms with Crippen molar-refractivity contribution in [2.45, 2.75) is 60.2 Å². The summed E-state index contributed by atoms with van der Waals surface area (Å²) in [7, 11) is 0. The Hall–Kier alpha value is -1.43. The number of carbonyl (C=O) groups is 1. The van der Waals surface area contributed by atoms with Crippen molar-refractivity contribution in [1.29, 1.82) is 0 Å². The molecule has 1 fully saturated rings. The highest BCUT2D eigenvalue weighted by Crippen LogP contribution is 2.25. The van der Waals surface area contributed by atoms with Gasteiger partial charge in [0.15, 0.2) is 5.82 Å². The standard InChI is InChI=1S/C18H31N5O/c1-13(2)15-5-7-21(8-6-15)11-16-19-20-17-12-22(9-10-23(16)17)18(24)14(3)4/h13-15H,5-12H2,1-4H3. The van der Waals surface area contributed by atoms with Crippen LogP contribution in [-0.4, -0.2) is 50.1 Å². The van der Waals surface area contributed by atoms with Gasteiger partial charge >= 0.3 is 0 Å². The Bertz CT molecular complexity index is 572. The summed E-state index contributed by atoms with van der Waals surface area (Å²) < 4.78 is 2.22. The van der Waals surface area contributed by atoms with Crippen LogP contribution in [0.5, 0.6) is 0 Å². The lowest BCUT2D eigenvalue weighted by Crippen LogP contribution is -2.41. The normalized spacial score (nSPS) is 20.0. The monoisotopic (exact) mass is 333 g/mol. The maximum atomic E-state index is 12.2. The number of carbonyl (C=O) groups excluding carboxylic acids is 1. The first-order valence-corrected chi connectivity index (χ1v) is 9.37. The van der Waals surface area contributed by atoms with Crippen LogP contribution < -0.4 is 0 Å². The van der Waals surface area contributed by atoms with E-state index in [1.54, 1.807) is 0 Å². The molecule has 0 atom stereocenters. The van der Waals surface area contributed by atoms with Crippen LogP contribution in [0.4, 0.5) is 0 Å². The summed E-state index contributed by atoms with van der Waals surface area (Å²) in [5.74, 6) is 3.90. The topological polar surface area (TPSA) is 54.3 Å². The van der Waals surface area contributed by atoms with E-state index in [2.05, 4.69) is 33.5 Å². The van der Waals surface area contributed by atoms with E-state index in [1.165, 1.54) is 12.8 Å². The lowest BCUT2D eigenvalue weighted by atomic mass is 9.87. The first kappa shape index (κ1) is 17.4. The van der Waals surface area contributed by atoms with Crippen molar-refractivity contribution in [2.75, 3.05) is 19.6 Å². The summed E-state index contributed by atoms with van der Waals surface area (Å²) in [6, 6.07) is 0. The highest BCUT2D eigenvalue weighted by molar-refractivity contribution is 5.78. The Labute approximate surface area is 145 Å². The van der Waals surface area contributed by atoms with Gasteiger partial charge in [0.05, 0.1) is 13.1 Å². The zero-order valence-corrected chi connectivity index (χ0v) is 15.5. The number of hydrogen-bond donors (Lipinski definition) is 0. The van der Waals surface area contributed by atoms with E-state index < -0.39 is 0 Å². The van der Waals surface area contributed by atoms with Crippen molar-refractivity contribution in [3.05, 3.63) is 11.6 Å². The van der Waals surface area contributed by atoms with Crippen LogP contribution in [0.3, 0.4) is 0 Å². The molecule has 134 valence electrons. The minimum atomic E-state index is 0.0428. The predicted octanol–water partition coefficient (Wildman–Crippen LogP) is 2.14. The van der Waals surface area contributed by atoms with E-state index in [-0.39, 0.29) is 11.8 Å². The van der Waals surface area contributed by atoms with E-state index in [9.17, 15) is 4.79 Å². The molecular formula is C18H31N5O. The highest BCUT2D eigenvalue weighted by Gasteiger charge is 2.27. The molecule has 0 aliphatic carbocycles. The molecule has 1 amide bonds. The summed E-state index contributed by atoms with van der Waals surface area (Å²) >= 11 is 0. The molecule has 3 heterocycles. The van der Waals surface area contributed by atoms with Gasteiger partial charge in [0.1, 0.15) is 5.82 Å². The largest absolute Gasteiger partial charge is 0.333 e. The van der Waals surface area contributed by atoms with Gasteiger partial charge in [0.2, 0.25) is 5.91 Å². The minimum absolute atomic E-state index is 0.0428. The summed E-state index contributed by atoms with van der Waals surface area (Å²) in [6.07, 6.45) is 2.57. The maximum Gasteiger partial charge on any atom is 0.225 e. The van der Waals surface area contributed by atoms with Gasteiger partial charge in [-0.25, -0.2) is 0 Å². The average molecular weight is 333 g/mol. The third kappa shape index (κ3) is 3.63. The summed E-state index contributed by atoms with van der Waals surface area (Å²) in [4.78, 5) is 16.6. The quantitative estimate of drug-likeness (QED) is 0.847. The number of fused-ring (bicyclic) bond motifs is 1. The van der Waals surface area contributed by atoms with Crippen LogP contribution in [0.15, 0.2) is 0 Å². The number of rotatable bonds is 4. The lowest BCUT2D eigenvalue weighted by Gasteiger charge is -2.34. The van der Waals surface area contributed by atoms with Crippen molar-refractivity contribution in [3.63, 3.8) is 0 Å². The van der Waals surface area contributed by atoms with Crippen LogP contribution in [0.2, 0.25) is 0 Å². The van der Waals surface area contributed by atoms with Gasteiger partial charge in [-0.2, -0.15) is 0 Å². The van der Waals surface area contributed by atoms with E-state index in [0.29, 0.717) is 6.54 Å². The fourth-order valence-corrected chi connectivity index (χ4v) is 3.87. The molecule has 0 bridgehead atoms. The van der Waals surface area contributed by atoms with Gasteiger partial charge in [-0.05, 0) is 37.8 Å². The number of hydrogen-bond acceptors (Lipinski definition) is 4. The van der Waals surface area contributed by atoms with Gasteiger partial charge in [-0.3, -0.25) is 9.69 Å². The van der Waals surface area contributed by atoms with Gasteiger partial charge < -0.3 is 9.47 Å². The number of piperidine rings is 1. The number of aromatic nitrogens is 3. The summed E-state index contributed by atoms with van der Waals surface area (Å²) in [5.41, 5.74) is 0. The Kier molecular flexibility index (Phi) is 5.23. The Morgan fingerprint density at radius 1 is 1.08 bits per heavy atom. The number of amides is 1. The fourth-order valence-electron chi connectivity index (χ4n) is 3.87. The molecule has 1 aromatic rings. The van der Waals surface area contributed by atoms with Crippen molar-refractivity contribution >= 4 is 5.91 Å². The molecule has 2 aliphatic rings. The Balaban J connectivity index is 1.59. The van der Waals surface area contributed by atoms with Crippen LogP contribution in [0.25, 0.3) is 0 Å². The molecule has 0 unspecified atom stereocenters. The molecule has 6 heteroatoms. The smallest absolute Gasteiger partial charge is 0.225 e. The first-order chi connectivity index (χ1) is 11.5. The van der Waals surface area contributed by atoms with E-state index in [0.717, 1.165) is 56.2 Å². The van der Waals surface area contributed by atoms with Crippen LogP contribution in [-0.2, 0) is 24.4 Å². The van der Waals surface area contributed by atoms with Gasteiger partial charge in [-0.1, -0.05) is 27.7 Å². The zero-order valence-electron chi connectivity index (χ0n) is 15.5. The fraction of sp³-hybridized carbons (Fsp3) is 0.833. The number of nitrogens with zero attached hydrogens (tertiary/aromatic N) is 5. The number of likely N-dealkylation sites (tertiary alicyclic amines) is 1. The third-order valence-electron chi connectivity index (χ3n) is 5.58. The van der Waals surface area contributed by atoms with E-state index in [1.807, 2.05) is 18.7 Å². The molecule has 0 radical (unpaired) electrons. The second kappa shape index (κ2) is 7.21. The minimum Gasteiger partial charge on any atom is -0.333 e. The lowest BCUT2D eigenvalue weighted by molar-refractivity contribution is -0.136. The molecule has 0 saturated carbocycles. The molecule has 1 aromatic heterocycles. The molecule has 0 aromatic carbocycles. The van der Waals surface area contributed by atoms with Crippen LogP contribution >= 0.6 is 0 Å². The van der Waals surface area contributed by atoms with E-state index in [4.69, 9.17) is 0 Å². The van der Waals surface area contributed by atoms with Gasteiger partial charge in [0, 0.05) is 19.0 Å². The third-order valence-corrected chi connectivity index (χ3v) is 5.58. The SMILES string of the molecule is CC(C)C(=O)N1CCn2c(CN3CCC(C(C)C)CC3)nnc2C1. The molecule has 3 rings (SSSR count). The average Bonchev–Trinajstić information content (AvgIpc) is 2.96. The summed E-state index contributed by atoms with van der Waals surface area (Å²) in [5, 5.41) is 8.77. The van der Waals surface area contributed by atoms with Gasteiger partial charge in [0.25, 0.3) is 0 Å².